The van der Waals surface area contributed by atoms with Crippen LogP contribution in [0.15, 0.2) is 10.9 Å². The number of hydrogen-bond acceptors (Lipinski definition) is 3. The predicted octanol–water partition coefficient (Wildman–Crippen LogP) is 0.776. The Morgan fingerprint density at radius 3 is 2.92 bits per heavy atom. The summed E-state index contributed by atoms with van der Waals surface area (Å²) in [7, 11) is 0. The Hall–Kier alpha value is -1.16. The molecule has 1 unspecified atom stereocenters. The van der Waals surface area contributed by atoms with E-state index in [2.05, 4.69) is 9.97 Å². The van der Waals surface area contributed by atoms with Crippen molar-refractivity contribution in [2.75, 3.05) is 0 Å². The molecule has 1 aromatic rings. The Kier molecular flexibility index (Phi) is 3.19. The Morgan fingerprint density at radius 1 is 1.69 bits per heavy atom. The molecule has 0 radical (unpaired) electrons. The van der Waals surface area contributed by atoms with Crippen molar-refractivity contribution in [2.45, 2.75) is 32.8 Å². The molecule has 0 bridgehead atoms. The van der Waals surface area contributed by atoms with Crippen LogP contribution in [0.5, 0.6) is 0 Å². The Labute approximate surface area is 76.7 Å². The van der Waals surface area contributed by atoms with Gasteiger partial charge in [0.25, 0.3) is 5.56 Å². The summed E-state index contributed by atoms with van der Waals surface area (Å²) in [6.45, 7) is 3.82. The van der Waals surface area contributed by atoms with E-state index in [9.17, 15) is 4.79 Å². The fraction of sp³-hybridized carbons (Fsp3) is 0.556. The highest BCUT2D eigenvalue weighted by Gasteiger charge is 2.06. The summed E-state index contributed by atoms with van der Waals surface area (Å²) in [5.41, 5.74) is 0.230. The van der Waals surface area contributed by atoms with E-state index in [1.807, 2.05) is 13.8 Å². The molecule has 0 aliphatic carbocycles. The Balaban J connectivity index is 3.08. The zero-order valence-corrected chi connectivity index (χ0v) is 7.87. The van der Waals surface area contributed by atoms with E-state index < -0.39 is 0 Å². The van der Waals surface area contributed by atoms with Crippen molar-refractivity contribution in [3.05, 3.63) is 27.9 Å². The summed E-state index contributed by atoms with van der Waals surface area (Å²) >= 11 is 0. The van der Waals surface area contributed by atoms with E-state index in [4.69, 9.17) is 5.11 Å². The predicted molar refractivity (Wildman–Crippen MR) is 49.5 cm³/mol. The summed E-state index contributed by atoms with van der Waals surface area (Å²) in [6, 6.07) is 1.31. The standard InChI is InChI=1S/C9H14N2O2/c1-3-6(2)9-10-7(5-12)4-8(13)11-9/h4,6,12H,3,5H2,1-2H3,(H,10,11,13). The maximum absolute atomic E-state index is 11.1. The number of nitrogens with one attached hydrogen (secondary N) is 1. The minimum absolute atomic E-state index is 0.187. The summed E-state index contributed by atoms with van der Waals surface area (Å²) in [6.07, 6.45) is 0.915. The maximum Gasteiger partial charge on any atom is 0.251 e. The summed E-state index contributed by atoms with van der Waals surface area (Å²) in [5.74, 6) is 0.873. The van der Waals surface area contributed by atoms with Gasteiger partial charge in [-0.1, -0.05) is 13.8 Å². The third-order valence-electron chi connectivity index (χ3n) is 2.05. The van der Waals surface area contributed by atoms with Gasteiger partial charge in [0.05, 0.1) is 12.3 Å². The van der Waals surface area contributed by atoms with Crippen LogP contribution in [0.4, 0.5) is 0 Å². The number of hydrogen-bond donors (Lipinski definition) is 2. The van der Waals surface area contributed by atoms with E-state index in [0.29, 0.717) is 11.5 Å². The highest BCUT2D eigenvalue weighted by Crippen LogP contribution is 2.12. The van der Waals surface area contributed by atoms with E-state index >= 15 is 0 Å². The number of aliphatic hydroxyl groups is 1. The molecule has 72 valence electrons. The van der Waals surface area contributed by atoms with Gasteiger partial charge in [0, 0.05) is 12.0 Å². The van der Waals surface area contributed by atoms with Crippen LogP contribution in [-0.4, -0.2) is 15.1 Å². The average Bonchev–Trinajstić information content (AvgIpc) is 2.15. The van der Waals surface area contributed by atoms with Gasteiger partial charge in [-0.05, 0) is 6.42 Å². The van der Waals surface area contributed by atoms with Crippen LogP contribution in [0.25, 0.3) is 0 Å². The van der Waals surface area contributed by atoms with E-state index in [0.717, 1.165) is 6.42 Å². The molecule has 4 nitrogen and oxygen atoms in total. The van der Waals surface area contributed by atoms with Gasteiger partial charge >= 0.3 is 0 Å². The first-order chi connectivity index (χ1) is 6.17. The van der Waals surface area contributed by atoms with E-state index in [1.54, 1.807) is 0 Å². The van der Waals surface area contributed by atoms with Crippen LogP contribution in [0.2, 0.25) is 0 Å². The SMILES string of the molecule is CCC(C)c1nc(CO)cc(=O)[nH]1. The number of aliphatic hydroxyl groups excluding tert-OH is 1. The highest BCUT2D eigenvalue weighted by molar-refractivity contribution is 5.04. The average molecular weight is 182 g/mol. The van der Waals surface area contributed by atoms with Crippen LogP contribution in [0, 0.1) is 0 Å². The molecule has 0 aromatic carbocycles. The second-order valence-electron chi connectivity index (χ2n) is 3.09. The minimum Gasteiger partial charge on any atom is -0.390 e. The van der Waals surface area contributed by atoms with Crippen molar-refractivity contribution < 1.29 is 5.11 Å². The Bertz CT molecular complexity index is 333. The lowest BCUT2D eigenvalue weighted by Crippen LogP contribution is -2.14. The van der Waals surface area contributed by atoms with Gasteiger partial charge in [-0.25, -0.2) is 4.98 Å². The van der Waals surface area contributed by atoms with Gasteiger partial charge < -0.3 is 10.1 Å². The maximum atomic E-state index is 11.1. The van der Waals surface area contributed by atoms with Crippen molar-refractivity contribution in [1.82, 2.24) is 9.97 Å². The third kappa shape index (κ3) is 2.39. The fourth-order valence-corrected chi connectivity index (χ4v) is 1.04. The van der Waals surface area contributed by atoms with Crippen molar-refractivity contribution in [3.8, 4) is 0 Å². The van der Waals surface area contributed by atoms with Gasteiger partial charge in [-0.2, -0.15) is 0 Å². The van der Waals surface area contributed by atoms with Crippen LogP contribution >= 0.6 is 0 Å². The van der Waals surface area contributed by atoms with Crippen LogP contribution in [0.3, 0.4) is 0 Å². The molecule has 13 heavy (non-hydrogen) atoms. The van der Waals surface area contributed by atoms with E-state index in [-0.39, 0.29) is 18.1 Å². The molecule has 0 saturated heterocycles. The summed E-state index contributed by atoms with van der Waals surface area (Å²) < 4.78 is 0. The van der Waals surface area contributed by atoms with Crippen LogP contribution in [0.1, 0.15) is 37.7 Å². The highest BCUT2D eigenvalue weighted by atomic mass is 16.3. The van der Waals surface area contributed by atoms with Crippen LogP contribution < -0.4 is 5.56 Å². The zero-order valence-electron chi connectivity index (χ0n) is 7.87. The number of nitrogens with zero attached hydrogens (tertiary/aromatic N) is 1. The quantitative estimate of drug-likeness (QED) is 0.725. The topological polar surface area (TPSA) is 66.0 Å². The molecule has 0 spiro atoms. The number of aromatic amines is 1. The van der Waals surface area contributed by atoms with Crippen molar-refractivity contribution >= 4 is 0 Å². The van der Waals surface area contributed by atoms with Crippen molar-refractivity contribution in [2.24, 2.45) is 0 Å². The number of aromatic nitrogens is 2. The third-order valence-corrected chi connectivity index (χ3v) is 2.05. The van der Waals surface area contributed by atoms with Gasteiger partial charge in [-0.15, -0.1) is 0 Å². The molecule has 2 N–H and O–H groups in total. The molecule has 0 saturated carbocycles. The first kappa shape index (κ1) is 9.92. The zero-order chi connectivity index (χ0) is 9.84. The lowest BCUT2D eigenvalue weighted by molar-refractivity contribution is 0.275. The monoisotopic (exact) mass is 182 g/mol. The molecule has 1 atom stereocenters. The smallest absolute Gasteiger partial charge is 0.251 e. The molecule has 0 amide bonds. The minimum atomic E-state index is -0.200. The number of H-pyrrole nitrogens is 1. The molecule has 0 aliphatic heterocycles. The lowest BCUT2D eigenvalue weighted by Gasteiger charge is -2.07. The van der Waals surface area contributed by atoms with Gasteiger partial charge in [0.2, 0.25) is 0 Å². The van der Waals surface area contributed by atoms with Crippen LogP contribution in [-0.2, 0) is 6.61 Å². The van der Waals surface area contributed by atoms with Gasteiger partial charge in [-0.3, -0.25) is 4.79 Å². The van der Waals surface area contributed by atoms with Gasteiger partial charge in [0.1, 0.15) is 5.82 Å². The number of rotatable bonds is 3. The first-order valence-electron chi connectivity index (χ1n) is 4.38. The molecular weight excluding hydrogens is 168 g/mol. The molecular formula is C9H14N2O2. The molecule has 1 rings (SSSR count). The fourth-order valence-electron chi connectivity index (χ4n) is 1.04. The second kappa shape index (κ2) is 4.18. The largest absolute Gasteiger partial charge is 0.390 e. The molecule has 1 heterocycles. The van der Waals surface area contributed by atoms with Gasteiger partial charge in [0.15, 0.2) is 0 Å². The summed E-state index contributed by atoms with van der Waals surface area (Å²) in [4.78, 5) is 17.9. The first-order valence-corrected chi connectivity index (χ1v) is 4.38. The lowest BCUT2D eigenvalue weighted by atomic mass is 10.1. The van der Waals surface area contributed by atoms with Crippen molar-refractivity contribution in [3.63, 3.8) is 0 Å². The summed E-state index contributed by atoms with van der Waals surface area (Å²) in [5, 5.41) is 8.83. The second-order valence-corrected chi connectivity index (χ2v) is 3.09. The molecule has 1 aromatic heterocycles. The molecule has 4 heteroatoms. The molecule has 0 fully saturated rings. The Morgan fingerprint density at radius 2 is 2.38 bits per heavy atom. The van der Waals surface area contributed by atoms with E-state index in [1.165, 1.54) is 6.07 Å². The van der Waals surface area contributed by atoms with Crippen molar-refractivity contribution in [1.29, 1.82) is 0 Å². The molecule has 0 aliphatic rings. The normalized spacial score (nSPS) is 12.8.